The van der Waals surface area contributed by atoms with E-state index in [2.05, 4.69) is 5.32 Å². The zero-order valence-electron chi connectivity index (χ0n) is 13.5. The summed E-state index contributed by atoms with van der Waals surface area (Å²) < 4.78 is 0. The predicted molar refractivity (Wildman–Crippen MR) is 97.9 cm³/mol. The summed E-state index contributed by atoms with van der Waals surface area (Å²) in [5.41, 5.74) is 0.228. The molecule has 0 heterocycles. The minimum absolute atomic E-state index is 0.0942. The van der Waals surface area contributed by atoms with Gasteiger partial charge in [-0.25, -0.2) is 0 Å². The predicted octanol–water partition coefficient (Wildman–Crippen LogP) is 3.51. The first-order chi connectivity index (χ1) is 12.6. The maximum atomic E-state index is 12.7. The van der Waals surface area contributed by atoms with Crippen LogP contribution in [0, 0.1) is 0 Å². The SMILES string of the molecule is O=C(Nc1cccc2ccccc12)C1=C(O)c2ccccc2C(=O)C1=O. The Balaban J connectivity index is 1.78. The molecule has 126 valence electrons. The molecule has 3 aromatic carbocycles. The van der Waals surface area contributed by atoms with Crippen LogP contribution in [0.4, 0.5) is 5.69 Å². The number of amides is 1. The van der Waals surface area contributed by atoms with Gasteiger partial charge in [-0.05, 0) is 11.5 Å². The Bertz CT molecular complexity index is 1120. The molecule has 2 N–H and O–H groups in total. The molecule has 0 atom stereocenters. The molecule has 0 saturated heterocycles. The average Bonchev–Trinajstić information content (AvgIpc) is 2.67. The molecule has 5 nitrogen and oxygen atoms in total. The Kier molecular flexibility index (Phi) is 3.62. The van der Waals surface area contributed by atoms with Crippen LogP contribution in [0.25, 0.3) is 16.5 Å². The van der Waals surface area contributed by atoms with E-state index < -0.39 is 28.8 Å². The molecule has 1 amide bonds. The van der Waals surface area contributed by atoms with Crippen molar-refractivity contribution < 1.29 is 19.5 Å². The number of nitrogens with one attached hydrogen (secondary N) is 1. The van der Waals surface area contributed by atoms with Gasteiger partial charge in [0.05, 0.1) is 0 Å². The zero-order valence-corrected chi connectivity index (χ0v) is 13.5. The fraction of sp³-hybridized carbons (Fsp3) is 0. The molecule has 0 saturated carbocycles. The van der Waals surface area contributed by atoms with E-state index >= 15 is 0 Å². The lowest BCUT2D eigenvalue weighted by atomic mass is 9.88. The van der Waals surface area contributed by atoms with Crippen LogP contribution < -0.4 is 5.32 Å². The van der Waals surface area contributed by atoms with Crippen molar-refractivity contribution in [2.45, 2.75) is 0 Å². The summed E-state index contributed by atoms with van der Waals surface area (Å²) in [7, 11) is 0. The van der Waals surface area contributed by atoms with Gasteiger partial charge in [0, 0.05) is 22.2 Å². The molecule has 0 bridgehead atoms. The Morgan fingerprint density at radius 1 is 0.769 bits per heavy atom. The maximum absolute atomic E-state index is 12.7. The van der Waals surface area contributed by atoms with Gasteiger partial charge in [-0.3, -0.25) is 14.4 Å². The average molecular weight is 343 g/mol. The van der Waals surface area contributed by atoms with Crippen molar-refractivity contribution >= 4 is 39.7 Å². The molecule has 0 fully saturated rings. The number of benzene rings is 3. The summed E-state index contributed by atoms with van der Waals surface area (Å²) in [5.74, 6) is -3.12. The van der Waals surface area contributed by atoms with Crippen molar-refractivity contribution in [2.24, 2.45) is 0 Å². The lowest BCUT2D eigenvalue weighted by Gasteiger charge is -2.17. The first kappa shape index (κ1) is 15.8. The highest BCUT2D eigenvalue weighted by molar-refractivity contribution is 6.58. The summed E-state index contributed by atoms with van der Waals surface area (Å²) in [6.07, 6.45) is 0. The van der Waals surface area contributed by atoms with Gasteiger partial charge in [0.25, 0.3) is 5.91 Å². The van der Waals surface area contributed by atoms with Crippen molar-refractivity contribution in [2.75, 3.05) is 5.32 Å². The lowest BCUT2D eigenvalue weighted by Crippen LogP contribution is -2.31. The molecule has 3 aromatic rings. The number of aliphatic hydroxyl groups is 1. The number of carbonyl (C=O) groups is 3. The Hall–Kier alpha value is -3.73. The van der Waals surface area contributed by atoms with Crippen LogP contribution in [-0.2, 0) is 9.59 Å². The summed E-state index contributed by atoms with van der Waals surface area (Å²) in [4.78, 5) is 37.3. The number of carbonyl (C=O) groups excluding carboxylic acids is 3. The van der Waals surface area contributed by atoms with Gasteiger partial charge >= 0.3 is 0 Å². The highest BCUT2D eigenvalue weighted by Crippen LogP contribution is 2.29. The molecule has 1 aliphatic carbocycles. The molecule has 0 aromatic heterocycles. The number of fused-ring (bicyclic) bond motifs is 2. The second-order valence-corrected chi connectivity index (χ2v) is 5.91. The fourth-order valence-corrected chi connectivity index (χ4v) is 3.10. The number of aliphatic hydroxyl groups excluding tert-OH is 1. The number of rotatable bonds is 2. The third kappa shape index (κ3) is 2.38. The minimum Gasteiger partial charge on any atom is -0.506 e. The van der Waals surface area contributed by atoms with E-state index in [9.17, 15) is 19.5 Å². The Morgan fingerprint density at radius 2 is 1.42 bits per heavy atom. The number of hydrogen-bond donors (Lipinski definition) is 2. The van der Waals surface area contributed by atoms with Crippen LogP contribution in [0.3, 0.4) is 0 Å². The van der Waals surface area contributed by atoms with Crippen LogP contribution >= 0.6 is 0 Å². The minimum atomic E-state index is -1.01. The van der Waals surface area contributed by atoms with Gasteiger partial charge in [-0.2, -0.15) is 0 Å². The molecule has 1 aliphatic rings. The highest BCUT2D eigenvalue weighted by atomic mass is 16.3. The second kappa shape index (κ2) is 5.97. The largest absolute Gasteiger partial charge is 0.506 e. The monoisotopic (exact) mass is 343 g/mol. The van der Waals surface area contributed by atoms with E-state index in [0.717, 1.165) is 10.8 Å². The number of hydrogen-bond acceptors (Lipinski definition) is 4. The van der Waals surface area contributed by atoms with E-state index in [1.807, 2.05) is 30.3 Å². The van der Waals surface area contributed by atoms with Crippen molar-refractivity contribution in [3.63, 3.8) is 0 Å². The van der Waals surface area contributed by atoms with E-state index in [1.165, 1.54) is 12.1 Å². The number of anilines is 1. The molecule has 0 aliphatic heterocycles. The standard InChI is InChI=1S/C21H13NO4/c23-18-14-9-3-4-10-15(14)19(24)20(25)17(18)21(26)22-16-11-5-7-12-6-1-2-8-13(12)16/h1-11,23H,(H,22,26). The normalized spacial score (nSPS) is 13.7. The van der Waals surface area contributed by atoms with E-state index in [4.69, 9.17) is 0 Å². The molecular formula is C21H13NO4. The summed E-state index contributed by atoms with van der Waals surface area (Å²) in [6.45, 7) is 0. The van der Waals surface area contributed by atoms with E-state index in [1.54, 1.807) is 24.3 Å². The van der Waals surface area contributed by atoms with Gasteiger partial charge in [-0.1, -0.05) is 60.7 Å². The molecule has 0 unspecified atom stereocenters. The molecule has 5 heteroatoms. The van der Waals surface area contributed by atoms with Crippen molar-refractivity contribution in [1.82, 2.24) is 0 Å². The third-order valence-corrected chi connectivity index (χ3v) is 4.36. The molecule has 0 radical (unpaired) electrons. The smallest absolute Gasteiger partial charge is 0.263 e. The Labute approximate surface area is 148 Å². The zero-order chi connectivity index (χ0) is 18.3. The Morgan fingerprint density at radius 3 is 2.23 bits per heavy atom. The molecule has 4 rings (SSSR count). The van der Waals surface area contributed by atoms with Gasteiger partial charge in [-0.15, -0.1) is 0 Å². The summed E-state index contributed by atoms with van der Waals surface area (Å²) >= 11 is 0. The number of ketones is 2. The summed E-state index contributed by atoms with van der Waals surface area (Å²) in [6, 6.07) is 19.0. The highest BCUT2D eigenvalue weighted by Gasteiger charge is 2.36. The first-order valence-corrected chi connectivity index (χ1v) is 7.98. The topological polar surface area (TPSA) is 83.5 Å². The first-order valence-electron chi connectivity index (χ1n) is 7.98. The van der Waals surface area contributed by atoms with Gasteiger partial charge < -0.3 is 10.4 Å². The van der Waals surface area contributed by atoms with Crippen molar-refractivity contribution in [3.05, 3.63) is 83.4 Å². The lowest BCUT2D eigenvalue weighted by molar-refractivity contribution is -0.118. The molecule has 0 spiro atoms. The van der Waals surface area contributed by atoms with E-state index in [0.29, 0.717) is 5.69 Å². The van der Waals surface area contributed by atoms with Crippen LogP contribution in [-0.4, -0.2) is 22.6 Å². The fourth-order valence-electron chi connectivity index (χ4n) is 3.10. The quantitative estimate of drug-likeness (QED) is 0.551. The van der Waals surface area contributed by atoms with Crippen molar-refractivity contribution in [3.8, 4) is 0 Å². The maximum Gasteiger partial charge on any atom is 0.263 e. The van der Waals surface area contributed by atoms with Crippen LogP contribution in [0.1, 0.15) is 15.9 Å². The number of Topliss-reactive ketones (excluding diaryl/α,β-unsaturated/α-hetero) is 2. The molecule has 26 heavy (non-hydrogen) atoms. The second-order valence-electron chi connectivity index (χ2n) is 5.91. The van der Waals surface area contributed by atoms with E-state index in [-0.39, 0.29) is 11.1 Å². The molecular weight excluding hydrogens is 330 g/mol. The van der Waals surface area contributed by atoms with Gasteiger partial charge in [0.1, 0.15) is 11.3 Å². The summed E-state index contributed by atoms with van der Waals surface area (Å²) in [5, 5.41) is 14.8. The van der Waals surface area contributed by atoms with Gasteiger partial charge in [0.2, 0.25) is 11.6 Å². The van der Waals surface area contributed by atoms with Crippen LogP contribution in [0.5, 0.6) is 0 Å². The third-order valence-electron chi connectivity index (χ3n) is 4.36. The van der Waals surface area contributed by atoms with Crippen molar-refractivity contribution in [1.29, 1.82) is 0 Å². The van der Waals surface area contributed by atoms with Crippen LogP contribution in [0.2, 0.25) is 0 Å². The van der Waals surface area contributed by atoms with Crippen LogP contribution in [0.15, 0.2) is 72.3 Å². The van der Waals surface area contributed by atoms with Gasteiger partial charge in [0.15, 0.2) is 0 Å².